The molecule has 5 N–H and O–H groups in total. The minimum atomic E-state index is -4.05. The van der Waals surface area contributed by atoms with Crippen molar-refractivity contribution in [2.75, 3.05) is 24.7 Å². The van der Waals surface area contributed by atoms with E-state index < -0.39 is 64.6 Å². The van der Waals surface area contributed by atoms with Crippen LogP contribution in [0.3, 0.4) is 0 Å². The second kappa shape index (κ2) is 10.7. The third-order valence-electron chi connectivity index (χ3n) is 6.98. The van der Waals surface area contributed by atoms with Gasteiger partial charge in [-0.25, -0.2) is 34.3 Å². The Morgan fingerprint density at radius 1 is 0.952 bits per heavy atom. The molecule has 4 aromatic heterocycles. The highest BCUT2D eigenvalue weighted by molar-refractivity contribution is 8.07. The summed E-state index contributed by atoms with van der Waals surface area (Å²) in [4.78, 5) is 35.4. The van der Waals surface area contributed by atoms with Gasteiger partial charge in [0.05, 0.1) is 25.4 Å². The van der Waals surface area contributed by atoms with Crippen LogP contribution in [0.4, 0.5) is 16.0 Å². The van der Waals surface area contributed by atoms with Gasteiger partial charge >= 0.3 is 15.0 Å². The fraction of sp³-hybridized carbons (Fsp3) is 0.500. The lowest BCUT2D eigenvalue weighted by Gasteiger charge is -2.25. The first kappa shape index (κ1) is 27.9. The van der Waals surface area contributed by atoms with Gasteiger partial charge in [-0.2, -0.15) is 0 Å². The van der Waals surface area contributed by atoms with Gasteiger partial charge in [-0.1, -0.05) is 0 Å². The van der Waals surface area contributed by atoms with E-state index in [0.717, 1.165) is 0 Å². The molecule has 3 fully saturated rings. The second-order valence-corrected chi connectivity index (χ2v) is 13.3. The number of imidazole rings is 2. The molecular formula is C20H22FN10O8P2S+. The highest BCUT2D eigenvalue weighted by Crippen LogP contribution is 2.51. The van der Waals surface area contributed by atoms with E-state index in [1.165, 1.54) is 29.9 Å². The number of halogens is 1. The monoisotopic (exact) mass is 643 g/mol. The Morgan fingerprint density at radius 3 is 2.26 bits per heavy atom. The summed E-state index contributed by atoms with van der Waals surface area (Å²) in [6.07, 6.45) is -2.95. The lowest BCUT2D eigenvalue weighted by Crippen LogP contribution is -2.34. The zero-order valence-corrected chi connectivity index (χ0v) is 23.8. The Kier molecular flexibility index (Phi) is 7.09. The van der Waals surface area contributed by atoms with E-state index in [-0.39, 0.29) is 35.8 Å². The number of rotatable bonds is 2. The topological polar surface area (TPSA) is 232 Å². The number of ether oxygens (including phenoxy) is 2. The van der Waals surface area contributed by atoms with E-state index in [0.29, 0.717) is 11.2 Å². The Morgan fingerprint density at radius 2 is 1.60 bits per heavy atom. The number of anilines is 2. The van der Waals surface area contributed by atoms with Crippen LogP contribution < -0.4 is 11.5 Å². The summed E-state index contributed by atoms with van der Waals surface area (Å²) in [6, 6.07) is 0. The predicted octanol–water partition coefficient (Wildman–Crippen LogP) is 1.04. The molecule has 0 aliphatic carbocycles. The Bertz CT molecular complexity index is 1730. The summed E-state index contributed by atoms with van der Waals surface area (Å²) < 4.78 is 66.1. The van der Waals surface area contributed by atoms with Crippen molar-refractivity contribution in [2.45, 2.75) is 49.5 Å². The van der Waals surface area contributed by atoms with E-state index >= 15 is 4.39 Å². The predicted molar refractivity (Wildman–Crippen MR) is 143 cm³/mol. The van der Waals surface area contributed by atoms with Gasteiger partial charge in [0.25, 0.3) is 0 Å². The lowest BCUT2D eigenvalue weighted by molar-refractivity contribution is -0.0569. The van der Waals surface area contributed by atoms with Crippen LogP contribution in [0.5, 0.6) is 0 Å². The maximum absolute atomic E-state index is 15.9. The summed E-state index contributed by atoms with van der Waals surface area (Å²) in [7, 11) is -2.77. The van der Waals surface area contributed by atoms with Crippen LogP contribution in [0.25, 0.3) is 22.3 Å². The second-order valence-electron chi connectivity index (χ2n) is 9.56. The fourth-order valence-electron chi connectivity index (χ4n) is 5.09. The van der Waals surface area contributed by atoms with Gasteiger partial charge in [-0.15, -0.1) is 9.05 Å². The van der Waals surface area contributed by atoms with Crippen molar-refractivity contribution in [3.05, 3.63) is 25.3 Å². The van der Waals surface area contributed by atoms with Crippen LogP contribution >= 0.6 is 15.0 Å². The van der Waals surface area contributed by atoms with Gasteiger partial charge in [-0.05, 0) is 11.8 Å². The molecule has 2 unspecified atom stereocenters. The van der Waals surface area contributed by atoms with Gasteiger partial charge in [0.2, 0.25) is 0 Å². The maximum Gasteiger partial charge on any atom is 0.697 e. The first-order valence-electron chi connectivity index (χ1n) is 12.4. The minimum Gasteiger partial charge on any atom is -0.382 e. The minimum absolute atomic E-state index is 0.0949. The third-order valence-corrected chi connectivity index (χ3v) is 9.34. The number of alkyl halides is 1. The number of nitrogens with zero attached hydrogens (tertiary/aromatic N) is 8. The van der Waals surface area contributed by atoms with Gasteiger partial charge < -0.3 is 30.4 Å². The molecule has 0 aromatic carbocycles. The first-order chi connectivity index (χ1) is 20.2. The summed E-state index contributed by atoms with van der Waals surface area (Å²) in [5.41, 5.74) is 12.9. The van der Waals surface area contributed by atoms with E-state index in [9.17, 15) is 9.46 Å². The summed E-state index contributed by atoms with van der Waals surface area (Å²) in [6.45, 7) is -4.75. The molecule has 42 heavy (non-hydrogen) atoms. The van der Waals surface area contributed by atoms with Crippen LogP contribution in [0.1, 0.15) is 18.9 Å². The average molecular weight is 643 g/mol. The molecule has 0 amide bonds. The SMILES string of the molecule is Nc1ncnc2c1ncn2[C@@H]1O[C@@H]2CO[P+](=O)O[C@@H]3C[C@@H](COP(O)(=S)O[C@H]2[C@H]1F)O[C@H]3n1cnc2c(N)ncnc21. The number of nitrogen functional groups attached to an aromatic ring is 2. The Hall–Kier alpha value is -2.90. The molecule has 4 aromatic rings. The van der Waals surface area contributed by atoms with E-state index in [1.54, 1.807) is 4.57 Å². The van der Waals surface area contributed by atoms with Crippen LogP contribution in [-0.4, -0.2) is 87.7 Å². The standard InChI is InChI=1S/C20H21FN10O8P2S/c21-11-14-10(37-20(11)31-7-29-13-16(23)25-5-27-18(13)31)3-34-40(32)38-9-1-8(2-35-41(33,42)39-14)36-19(9)30-6-28-12-15(22)24-4-26-17(12)30/h4-11,14,19-20H,1-3H2,(H4-,22,23,24,25,26,27,33,42)/p+1/t8-,9+,10+,11+,14+,19+,20+,41?/m0/s1. The van der Waals surface area contributed by atoms with Crippen molar-refractivity contribution in [1.82, 2.24) is 39.0 Å². The largest absolute Gasteiger partial charge is 0.697 e. The zero-order chi connectivity index (χ0) is 29.2. The molecule has 2 bridgehead atoms. The van der Waals surface area contributed by atoms with Crippen LogP contribution in [0, 0.1) is 0 Å². The molecule has 0 saturated carbocycles. The molecule has 222 valence electrons. The van der Waals surface area contributed by atoms with Crippen LogP contribution in [-0.2, 0) is 43.9 Å². The van der Waals surface area contributed by atoms with Gasteiger partial charge in [0, 0.05) is 11.0 Å². The quantitative estimate of drug-likeness (QED) is 0.259. The molecule has 9 atom stereocenters. The van der Waals surface area contributed by atoms with E-state index in [2.05, 4.69) is 29.9 Å². The molecule has 7 rings (SSSR count). The smallest absolute Gasteiger partial charge is 0.382 e. The Balaban J connectivity index is 1.16. The van der Waals surface area contributed by atoms with Crippen molar-refractivity contribution in [3.63, 3.8) is 0 Å². The molecular weight excluding hydrogens is 621 g/mol. The fourth-order valence-corrected chi connectivity index (χ4v) is 7.29. The Labute approximate surface area is 240 Å². The van der Waals surface area contributed by atoms with Crippen LogP contribution in [0.15, 0.2) is 25.3 Å². The van der Waals surface area contributed by atoms with Crippen molar-refractivity contribution in [3.8, 4) is 0 Å². The molecule has 7 heterocycles. The number of fused-ring (bicyclic) bond motifs is 5. The molecule has 3 saturated heterocycles. The zero-order valence-electron chi connectivity index (χ0n) is 21.2. The van der Waals surface area contributed by atoms with E-state index in [1.807, 2.05) is 0 Å². The average Bonchev–Trinajstić information content (AvgIpc) is 3.72. The molecule has 0 radical (unpaired) electrons. The van der Waals surface area contributed by atoms with Crippen molar-refractivity contribution in [1.29, 1.82) is 0 Å². The molecule has 18 nitrogen and oxygen atoms in total. The third kappa shape index (κ3) is 4.92. The van der Waals surface area contributed by atoms with Gasteiger partial charge in [0.15, 0.2) is 47.7 Å². The van der Waals surface area contributed by atoms with Gasteiger partial charge in [-0.3, -0.25) is 13.7 Å². The highest BCUT2D eigenvalue weighted by Gasteiger charge is 2.52. The summed E-state index contributed by atoms with van der Waals surface area (Å²) in [5, 5.41) is 0. The lowest BCUT2D eigenvalue weighted by atomic mass is 10.1. The maximum atomic E-state index is 15.9. The summed E-state index contributed by atoms with van der Waals surface area (Å²) in [5.74, 6) is 0.261. The molecule has 3 aliphatic rings. The summed E-state index contributed by atoms with van der Waals surface area (Å²) >= 11 is 5.20. The first-order valence-corrected chi connectivity index (χ1v) is 16.1. The van der Waals surface area contributed by atoms with E-state index in [4.69, 9.17) is 50.8 Å². The normalized spacial score (nSPS) is 35.1. The molecule has 3 aliphatic heterocycles. The van der Waals surface area contributed by atoms with Crippen LogP contribution in [0.2, 0.25) is 0 Å². The molecule has 22 heteroatoms. The molecule has 0 spiro atoms. The number of hydrogen-bond donors (Lipinski definition) is 3. The van der Waals surface area contributed by atoms with Gasteiger partial charge in [0.1, 0.15) is 42.5 Å². The number of hydrogen-bond acceptors (Lipinski definition) is 16. The van der Waals surface area contributed by atoms with Crippen molar-refractivity contribution >= 4 is 60.7 Å². The van der Waals surface area contributed by atoms with Crippen molar-refractivity contribution in [2.24, 2.45) is 0 Å². The van der Waals surface area contributed by atoms with Crippen molar-refractivity contribution < 1.29 is 41.4 Å². The highest BCUT2D eigenvalue weighted by atomic mass is 32.5. The number of aromatic nitrogens is 8. The number of nitrogens with two attached hydrogens (primary N) is 2.